The van der Waals surface area contributed by atoms with Crippen LogP contribution in [0.4, 0.5) is 4.79 Å². The number of benzene rings is 1. The van der Waals surface area contributed by atoms with Crippen LogP contribution < -0.4 is 0 Å². The van der Waals surface area contributed by atoms with Crippen molar-refractivity contribution in [2.45, 2.75) is 70.8 Å². The topological polar surface area (TPSA) is 49.8 Å². The number of nitrogens with zero attached hydrogens (tertiary/aromatic N) is 1. The van der Waals surface area contributed by atoms with Gasteiger partial charge in [0.1, 0.15) is 0 Å². The van der Waals surface area contributed by atoms with E-state index in [1.165, 1.54) is 5.56 Å². The highest BCUT2D eigenvalue weighted by Crippen LogP contribution is 2.50. The van der Waals surface area contributed by atoms with Crippen LogP contribution in [0.1, 0.15) is 76.3 Å². The molecule has 1 N–H and O–H groups in total. The SMILES string of the molecule is CCCCOC(=O)N1CC2(CCC(O)(c3cccc(C(C)C)c3)CC2)C1. The number of carbonyl (C=O) groups is 1. The fourth-order valence-corrected chi connectivity index (χ4v) is 4.27. The molecule has 1 aromatic rings. The second kappa shape index (κ2) is 7.59. The van der Waals surface area contributed by atoms with Crippen LogP contribution in [-0.2, 0) is 10.3 Å². The summed E-state index contributed by atoms with van der Waals surface area (Å²) in [5, 5.41) is 11.2. The average Bonchev–Trinajstić information content (AvgIpc) is 2.61. The summed E-state index contributed by atoms with van der Waals surface area (Å²) < 4.78 is 5.30. The third-order valence-electron chi connectivity index (χ3n) is 6.26. The number of ether oxygens (including phenoxy) is 1. The van der Waals surface area contributed by atoms with E-state index in [0.717, 1.165) is 57.2 Å². The van der Waals surface area contributed by atoms with Crippen LogP contribution in [0, 0.1) is 5.41 Å². The summed E-state index contributed by atoms with van der Waals surface area (Å²) in [6.45, 7) is 8.53. The van der Waals surface area contributed by atoms with E-state index < -0.39 is 5.60 Å². The van der Waals surface area contributed by atoms with Gasteiger partial charge in [0, 0.05) is 18.5 Å². The molecule has 0 aromatic heterocycles. The molecule has 26 heavy (non-hydrogen) atoms. The summed E-state index contributed by atoms with van der Waals surface area (Å²) in [4.78, 5) is 13.8. The molecule has 1 aliphatic carbocycles. The van der Waals surface area contributed by atoms with Gasteiger partial charge < -0.3 is 14.7 Å². The van der Waals surface area contributed by atoms with Gasteiger partial charge in [-0.15, -0.1) is 0 Å². The van der Waals surface area contributed by atoms with Gasteiger partial charge in [-0.05, 0) is 49.1 Å². The molecule has 4 nitrogen and oxygen atoms in total. The first kappa shape index (κ1) is 19.2. The second-order valence-electron chi connectivity index (χ2n) is 8.64. The minimum Gasteiger partial charge on any atom is -0.449 e. The second-order valence-corrected chi connectivity index (χ2v) is 8.64. The van der Waals surface area contributed by atoms with E-state index >= 15 is 0 Å². The minimum atomic E-state index is -0.724. The number of likely N-dealkylation sites (tertiary alicyclic amines) is 1. The Bertz CT molecular complexity index is 624. The third kappa shape index (κ3) is 3.90. The molecule has 0 atom stereocenters. The lowest BCUT2D eigenvalue weighted by atomic mass is 9.63. The van der Waals surface area contributed by atoms with Gasteiger partial charge in [-0.3, -0.25) is 0 Å². The van der Waals surface area contributed by atoms with Crippen molar-refractivity contribution >= 4 is 6.09 Å². The first-order valence-corrected chi connectivity index (χ1v) is 10.1. The number of rotatable bonds is 5. The maximum Gasteiger partial charge on any atom is 0.409 e. The standard InChI is InChI=1S/C22H33NO3/c1-4-5-13-26-20(24)23-15-21(16-23)9-11-22(25,12-10-21)19-8-6-7-18(14-19)17(2)3/h6-8,14,17,25H,4-5,9-13,15-16H2,1-3H3. The van der Waals surface area contributed by atoms with Crippen molar-refractivity contribution < 1.29 is 14.6 Å². The Balaban J connectivity index is 1.55. The number of hydrogen-bond donors (Lipinski definition) is 1. The number of hydrogen-bond acceptors (Lipinski definition) is 3. The van der Waals surface area contributed by atoms with Crippen LogP contribution in [0.5, 0.6) is 0 Å². The quantitative estimate of drug-likeness (QED) is 0.768. The Morgan fingerprint density at radius 3 is 2.54 bits per heavy atom. The number of amides is 1. The lowest BCUT2D eigenvalue weighted by Gasteiger charge is -2.54. The van der Waals surface area contributed by atoms with Gasteiger partial charge >= 0.3 is 6.09 Å². The molecule has 1 saturated heterocycles. The maximum absolute atomic E-state index is 12.0. The summed E-state index contributed by atoms with van der Waals surface area (Å²) >= 11 is 0. The molecule has 1 aromatic carbocycles. The highest BCUT2D eigenvalue weighted by atomic mass is 16.6. The molecule has 1 aliphatic heterocycles. The zero-order chi connectivity index (χ0) is 18.8. The monoisotopic (exact) mass is 359 g/mol. The van der Waals surface area contributed by atoms with E-state index in [2.05, 4.69) is 45.0 Å². The predicted molar refractivity (Wildman–Crippen MR) is 103 cm³/mol. The van der Waals surface area contributed by atoms with Crippen molar-refractivity contribution in [2.24, 2.45) is 5.41 Å². The van der Waals surface area contributed by atoms with Gasteiger partial charge in [0.05, 0.1) is 12.2 Å². The third-order valence-corrected chi connectivity index (χ3v) is 6.26. The van der Waals surface area contributed by atoms with Crippen molar-refractivity contribution in [3.63, 3.8) is 0 Å². The molecule has 3 rings (SSSR count). The smallest absolute Gasteiger partial charge is 0.409 e. The molecule has 0 bridgehead atoms. The summed E-state index contributed by atoms with van der Waals surface area (Å²) in [7, 11) is 0. The summed E-state index contributed by atoms with van der Waals surface area (Å²) in [5.41, 5.74) is 1.79. The fourth-order valence-electron chi connectivity index (χ4n) is 4.27. The van der Waals surface area contributed by atoms with Gasteiger partial charge in [0.15, 0.2) is 0 Å². The van der Waals surface area contributed by atoms with Gasteiger partial charge in [-0.1, -0.05) is 51.5 Å². The highest BCUT2D eigenvalue weighted by Gasteiger charge is 2.50. The maximum atomic E-state index is 12.0. The minimum absolute atomic E-state index is 0.172. The lowest BCUT2D eigenvalue weighted by Crippen LogP contribution is -2.60. The van der Waals surface area contributed by atoms with Crippen LogP contribution in [0.2, 0.25) is 0 Å². The molecule has 1 spiro atoms. The molecule has 1 amide bonds. The molecular weight excluding hydrogens is 326 g/mol. The average molecular weight is 360 g/mol. The number of carbonyl (C=O) groups excluding carboxylic acids is 1. The molecule has 144 valence electrons. The molecular formula is C22H33NO3. The summed E-state index contributed by atoms with van der Waals surface area (Å²) in [6.07, 6.45) is 5.26. The number of unbranched alkanes of at least 4 members (excludes halogenated alkanes) is 1. The van der Waals surface area contributed by atoms with E-state index in [-0.39, 0.29) is 11.5 Å². The van der Waals surface area contributed by atoms with E-state index in [0.29, 0.717) is 12.5 Å². The van der Waals surface area contributed by atoms with E-state index in [9.17, 15) is 9.90 Å². The van der Waals surface area contributed by atoms with Crippen molar-refractivity contribution in [1.82, 2.24) is 4.90 Å². The first-order valence-electron chi connectivity index (χ1n) is 10.1. The van der Waals surface area contributed by atoms with Crippen molar-refractivity contribution in [1.29, 1.82) is 0 Å². The van der Waals surface area contributed by atoms with Crippen LogP contribution >= 0.6 is 0 Å². The van der Waals surface area contributed by atoms with E-state index in [1.807, 2.05) is 4.90 Å². The molecule has 1 heterocycles. The first-order chi connectivity index (χ1) is 12.4. The summed E-state index contributed by atoms with van der Waals surface area (Å²) in [6, 6.07) is 8.42. The van der Waals surface area contributed by atoms with Gasteiger partial charge in [0.25, 0.3) is 0 Å². The zero-order valence-electron chi connectivity index (χ0n) is 16.5. The van der Waals surface area contributed by atoms with Gasteiger partial charge in [-0.2, -0.15) is 0 Å². The van der Waals surface area contributed by atoms with E-state index in [4.69, 9.17) is 4.74 Å². The Hall–Kier alpha value is -1.55. The Kier molecular flexibility index (Phi) is 5.61. The lowest BCUT2D eigenvalue weighted by molar-refractivity contribution is -0.0900. The Morgan fingerprint density at radius 1 is 1.23 bits per heavy atom. The number of aliphatic hydroxyl groups is 1. The normalized spacial score (nSPS) is 20.9. The molecule has 0 radical (unpaired) electrons. The van der Waals surface area contributed by atoms with Crippen LogP contribution in [0.3, 0.4) is 0 Å². The van der Waals surface area contributed by atoms with Crippen molar-refractivity contribution in [3.05, 3.63) is 35.4 Å². The Labute approximate surface area is 157 Å². The fraction of sp³-hybridized carbons (Fsp3) is 0.682. The van der Waals surface area contributed by atoms with Crippen molar-refractivity contribution in [2.75, 3.05) is 19.7 Å². The largest absolute Gasteiger partial charge is 0.449 e. The molecule has 2 fully saturated rings. The zero-order valence-corrected chi connectivity index (χ0v) is 16.5. The van der Waals surface area contributed by atoms with Crippen LogP contribution in [-0.4, -0.2) is 35.8 Å². The van der Waals surface area contributed by atoms with Crippen LogP contribution in [0.25, 0.3) is 0 Å². The Morgan fingerprint density at radius 2 is 1.92 bits per heavy atom. The van der Waals surface area contributed by atoms with Gasteiger partial charge in [0.2, 0.25) is 0 Å². The molecule has 2 aliphatic rings. The van der Waals surface area contributed by atoms with Crippen molar-refractivity contribution in [3.8, 4) is 0 Å². The van der Waals surface area contributed by atoms with Gasteiger partial charge in [-0.25, -0.2) is 4.79 Å². The molecule has 0 unspecified atom stereocenters. The predicted octanol–water partition coefficient (Wildman–Crippen LogP) is 4.81. The molecule has 1 saturated carbocycles. The highest BCUT2D eigenvalue weighted by molar-refractivity contribution is 5.69. The van der Waals surface area contributed by atoms with E-state index in [1.54, 1.807) is 0 Å². The molecule has 4 heteroatoms. The van der Waals surface area contributed by atoms with Crippen LogP contribution in [0.15, 0.2) is 24.3 Å². The summed E-state index contributed by atoms with van der Waals surface area (Å²) in [5.74, 6) is 0.465.